The van der Waals surface area contributed by atoms with Crippen LogP contribution in [0.15, 0.2) is 42.7 Å². The zero-order chi connectivity index (χ0) is 15.7. The van der Waals surface area contributed by atoms with E-state index in [1.807, 2.05) is 0 Å². The summed E-state index contributed by atoms with van der Waals surface area (Å²) in [4.78, 5) is 19.1. The van der Waals surface area contributed by atoms with E-state index in [-0.39, 0.29) is 17.9 Å². The number of aromatic hydroxyl groups is 2. The molecule has 0 saturated heterocycles. The molecular formula is C16H12N2O4. The van der Waals surface area contributed by atoms with Crippen molar-refractivity contribution in [3.8, 4) is 22.8 Å². The normalized spacial score (nSPS) is 10.7. The summed E-state index contributed by atoms with van der Waals surface area (Å²) in [5, 5.41) is 28.4. The van der Waals surface area contributed by atoms with Gasteiger partial charge in [-0.1, -0.05) is 6.07 Å². The molecule has 3 aromatic rings. The fourth-order valence-corrected chi connectivity index (χ4v) is 2.17. The van der Waals surface area contributed by atoms with Gasteiger partial charge >= 0.3 is 5.97 Å². The number of aliphatic carboxylic acids is 1. The highest BCUT2D eigenvalue weighted by atomic mass is 16.4. The minimum Gasteiger partial charge on any atom is -0.504 e. The second-order valence-electron chi connectivity index (χ2n) is 4.88. The van der Waals surface area contributed by atoms with Crippen LogP contribution in [0.5, 0.6) is 11.5 Å². The number of carbonyl (C=O) groups is 1. The van der Waals surface area contributed by atoms with Crippen molar-refractivity contribution in [1.29, 1.82) is 0 Å². The molecule has 0 spiro atoms. The first-order chi connectivity index (χ1) is 10.5. The monoisotopic (exact) mass is 296 g/mol. The summed E-state index contributed by atoms with van der Waals surface area (Å²) >= 11 is 0. The Kier molecular flexibility index (Phi) is 3.34. The van der Waals surface area contributed by atoms with Gasteiger partial charge in [-0.25, -0.2) is 0 Å². The van der Waals surface area contributed by atoms with Crippen molar-refractivity contribution >= 4 is 16.9 Å². The Bertz CT molecular complexity index is 860. The topological polar surface area (TPSA) is 104 Å². The van der Waals surface area contributed by atoms with Crippen LogP contribution in [-0.2, 0) is 11.2 Å². The van der Waals surface area contributed by atoms with Crippen LogP contribution in [0.3, 0.4) is 0 Å². The minimum absolute atomic E-state index is 0.0730. The molecule has 0 saturated carbocycles. The lowest BCUT2D eigenvalue weighted by Crippen LogP contribution is -2.00. The quantitative estimate of drug-likeness (QED) is 0.641. The number of carboxylic acids is 1. The number of nitrogens with zero attached hydrogens (tertiary/aromatic N) is 2. The molecule has 1 aromatic carbocycles. The summed E-state index contributed by atoms with van der Waals surface area (Å²) in [7, 11) is 0. The van der Waals surface area contributed by atoms with Crippen LogP contribution in [0.25, 0.3) is 22.2 Å². The van der Waals surface area contributed by atoms with Crippen molar-refractivity contribution in [1.82, 2.24) is 9.97 Å². The Morgan fingerprint density at radius 2 is 1.77 bits per heavy atom. The molecule has 0 atom stereocenters. The van der Waals surface area contributed by atoms with Gasteiger partial charge in [0.1, 0.15) is 0 Å². The van der Waals surface area contributed by atoms with E-state index in [0.717, 1.165) is 5.56 Å². The second kappa shape index (κ2) is 5.33. The SMILES string of the molecule is O=C(O)Cc1ccc(-c2cnc3cc(O)c(O)cc3c2)nc1. The minimum atomic E-state index is -0.905. The van der Waals surface area contributed by atoms with Gasteiger partial charge in [-0.05, 0) is 23.8 Å². The molecule has 2 aromatic heterocycles. The molecule has 22 heavy (non-hydrogen) atoms. The third-order valence-electron chi connectivity index (χ3n) is 3.25. The summed E-state index contributed by atoms with van der Waals surface area (Å²) in [5.41, 5.74) is 2.56. The van der Waals surface area contributed by atoms with Crippen molar-refractivity contribution in [2.75, 3.05) is 0 Å². The average Bonchev–Trinajstić information content (AvgIpc) is 2.48. The molecule has 0 amide bonds. The van der Waals surface area contributed by atoms with Gasteiger partial charge in [-0.2, -0.15) is 0 Å². The highest BCUT2D eigenvalue weighted by Gasteiger charge is 2.07. The van der Waals surface area contributed by atoms with Crippen molar-refractivity contribution in [3.05, 3.63) is 48.3 Å². The zero-order valence-electron chi connectivity index (χ0n) is 11.4. The second-order valence-corrected chi connectivity index (χ2v) is 4.88. The Balaban J connectivity index is 1.99. The molecule has 3 rings (SSSR count). The smallest absolute Gasteiger partial charge is 0.307 e. The van der Waals surface area contributed by atoms with Gasteiger partial charge in [0.15, 0.2) is 11.5 Å². The average molecular weight is 296 g/mol. The molecule has 6 nitrogen and oxygen atoms in total. The number of hydrogen-bond donors (Lipinski definition) is 3. The van der Waals surface area contributed by atoms with Gasteiger partial charge in [0.2, 0.25) is 0 Å². The third-order valence-corrected chi connectivity index (χ3v) is 3.25. The number of phenolic OH excluding ortho intramolecular Hbond substituents is 2. The van der Waals surface area contributed by atoms with E-state index in [9.17, 15) is 15.0 Å². The van der Waals surface area contributed by atoms with E-state index in [1.54, 1.807) is 24.4 Å². The van der Waals surface area contributed by atoms with Crippen molar-refractivity contribution in [2.24, 2.45) is 0 Å². The van der Waals surface area contributed by atoms with E-state index in [0.29, 0.717) is 22.2 Å². The van der Waals surface area contributed by atoms with Crippen molar-refractivity contribution < 1.29 is 20.1 Å². The number of fused-ring (bicyclic) bond motifs is 1. The van der Waals surface area contributed by atoms with Crippen LogP contribution in [0.2, 0.25) is 0 Å². The number of carboxylic acid groups (broad SMARTS) is 1. The van der Waals surface area contributed by atoms with Gasteiger partial charge in [0.25, 0.3) is 0 Å². The van der Waals surface area contributed by atoms with Gasteiger partial charge in [0, 0.05) is 29.4 Å². The van der Waals surface area contributed by atoms with Gasteiger partial charge in [0.05, 0.1) is 17.6 Å². The first kappa shape index (κ1) is 13.8. The summed E-state index contributed by atoms with van der Waals surface area (Å²) < 4.78 is 0. The molecule has 110 valence electrons. The largest absolute Gasteiger partial charge is 0.504 e. The lowest BCUT2D eigenvalue weighted by Gasteiger charge is -2.05. The van der Waals surface area contributed by atoms with Crippen LogP contribution in [0, 0.1) is 0 Å². The molecule has 3 N–H and O–H groups in total. The molecule has 6 heteroatoms. The van der Waals surface area contributed by atoms with Crippen LogP contribution in [0.4, 0.5) is 0 Å². The maximum absolute atomic E-state index is 10.6. The number of rotatable bonds is 3. The molecule has 0 aliphatic heterocycles. The van der Waals surface area contributed by atoms with Crippen LogP contribution >= 0.6 is 0 Å². The molecule has 2 heterocycles. The molecule has 0 radical (unpaired) electrons. The maximum atomic E-state index is 10.6. The highest BCUT2D eigenvalue weighted by molar-refractivity contribution is 5.85. The molecule has 0 unspecified atom stereocenters. The summed E-state index contributed by atoms with van der Waals surface area (Å²) in [6, 6.07) is 8.04. The van der Waals surface area contributed by atoms with Crippen LogP contribution < -0.4 is 0 Å². The predicted octanol–water partition coefficient (Wildman–Crippen LogP) is 2.34. The predicted molar refractivity (Wildman–Crippen MR) is 79.6 cm³/mol. The molecule has 0 bridgehead atoms. The number of benzene rings is 1. The fraction of sp³-hybridized carbons (Fsp3) is 0.0625. The Morgan fingerprint density at radius 3 is 2.45 bits per heavy atom. The van der Waals surface area contributed by atoms with E-state index < -0.39 is 5.97 Å². The highest BCUT2D eigenvalue weighted by Crippen LogP contribution is 2.31. The van der Waals surface area contributed by atoms with Crippen LogP contribution in [0.1, 0.15) is 5.56 Å². The van der Waals surface area contributed by atoms with Gasteiger partial charge < -0.3 is 15.3 Å². The molecular weight excluding hydrogens is 284 g/mol. The lowest BCUT2D eigenvalue weighted by molar-refractivity contribution is -0.136. The van der Waals surface area contributed by atoms with Gasteiger partial charge in [-0.15, -0.1) is 0 Å². The first-order valence-electron chi connectivity index (χ1n) is 6.52. The molecule has 0 aliphatic rings. The number of hydrogen-bond acceptors (Lipinski definition) is 5. The van der Waals surface area contributed by atoms with Crippen LogP contribution in [-0.4, -0.2) is 31.3 Å². The van der Waals surface area contributed by atoms with Crippen molar-refractivity contribution in [3.63, 3.8) is 0 Å². The summed E-state index contributed by atoms with van der Waals surface area (Å²) in [6.45, 7) is 0. The zero-order valence-corrected chi connectivity index (χ0v) is 11.4. The molecule has 0 fully saturated rings. The fourth-order valence-electron chi connectivity index (χ4n) is 2.17. The van der Waals surface area contributed by atoms with E-state index in [2.05, 4.69) is 9.97 Å². The number of phenols is 2. The standard InChI is InChI=1S/C16H12N2O4/c19-14-5-10-4-11(8-18-13(10)6-15(14)20)12-2-1-9(7-17-12)3-16(21)22/h1-2,4-8,19-20H,3H2,(H,21,22). The van der Waals surface area contributed by atoms with E-state index in [1.165, 1.54) is 18.3 Å². The first-order valence-corrected chi connectivity index (χ1v) is 6.52. The number of pyridine rings is 2. The lowest BCUT2D eigenvalue weighted by atomic mass is 10.1. The van der Waals surface area contributed by atoms with Crippen molar-refractivity contribution in [2.45, 2.75) is 6.42 Å². The number of aromatic nitrogens is 2. The maximum Gasteiger partial charge on any atom is 0.307 e. The van der Waals surface area contributed by atoms with E-state index in [4.69, 9.17) is 5.11 Å². The Labute approximate surface area is 125 Å². The Hall–Kier alpha value is -3.15. The molecule has 0 aliphatic carbocycles. The summed E-state index contributed by atoms with van der Waals surface area (Å²) in [6.07, 6.45) is 3.05. The Morgan fingerprint density at radius 1 is 1.00 bits per heavy atom. The van der Waals surface area contributed by atoms with Gasteiger partial charge in [-0.3, -0.25) is 14.8 Å². The third kappa shape index (κ3) is 2.67. The van der Waals surface area contributed by atoms with E-state index >= 15 is 0 Å². The summed E-state index contributed by atoms with van der Waals surface area (Å²) in [5.74, 6) is -1.34.